The van der Waals surface area contributed by atoms with E-state index in [9.17, 15) is 0 Å². The first-order valence-electron chi connectivity index (χ1n) is 7.14. The zero-order valence-electron chi connectivity index (χ0n) is 12.7. The molecule has 112 valence electrons. The van der Waals surface area contributed by atoms with Gasteiger partial charge in [0, 0.05) is 10.7 Å². The lowest BCUT2D eigenvalue weighted by Crippen LogP contribution is -2.24. The van der Waals surface area contributed by atoms with Crippen molar-refractivity contribution in [1.29, 1.82) is 0 Å². The normalized spacial score (nSPS) is 12.2. The summed E-state index contributed by atoms with van der Waals surface area (Å²) in [4.78, 5) is 4.28. The number of ether oxygens (including phenoxy) is 1. The summed E-state index contributed by atoms with van der Waals surface area (Å²) < 4.78 is 6.40. The van der Waals surface area contributed by atoms with Crippen LogP contribution in [0.4, 0.5) is 0 Å². The first kappa shape index (κ1) is 16.0. The molecule has 0 aliphatic heterocycles. The van der Waals surface area contributed by atoms with E-state index in [2.05, 4.69) is 58.3 Å². The van der Waals surface area contributed by atoms with E-state index >= 15 is 0 Å². The molecule has 0 fully saturated rings. The maximum absolute atomic E-state index is 5.30. The molecule has 0 saturated carbocycles. The quantitative estimate of drug-likeness (QED) is 0.847. The van der Waals surface area contributed by atoms with Gasteiger partial charge in [0.25, 0.3) is 0 Å². The summed E-state index contributed by atoms with van der Waals surface area (Å²) in [6, 6.07) is 8.55. The fraction of sp³-hybridized carbons (Fsp3) is 0.353. The molecule has 1 N–H and O–H groups in total. The van der Waals surface area contributed by atoms with Crippen molar-refractivity contribution in [1.82, 2.24) is 10.3 Å². The molecule has 0 aliphatic carbocycles. The number of rotatable bonds is 6. The van der Waals surface area contributed by atoms with Crippen molar-refractivity contribution in [2.45, 2.75) is 26.3 Å². The van der Waals surface area contributed by atoms with Gasteiger partial charge in [0.15, 0.2) is 0 Å². The Kier molecular flexibility index (Phi) is 5.76. The SMILES string of the molecule is CCCNC(c1cncc(OC)c1)c1ccc(Br)cc1C. The first-order chi connectivity index (χ1) is 10.2. The van der Waals surface area contributed by atoms with Gasteiger partial charge in [-0.05, 0) is 54.8 Å². The fourth-order valence-corrected chi connectivity index (χ4v) is 2.84. The number of hydrogen-bond acceptors (Lipinski definition) is 3. The molecule has 1 heterocycles. The molecule has 2 rings (SSSR count). The van der Waals surface area contributed by atoms with Crippen molar-refractivity contribution in [3.8, 4) is 5.75 Å². The van der Waals surface area contributed by atoms with E-state index in [1.165, 1.54) is 11.1 Å². The molecule has 4 heteroatoms. The Bertz CT molecular complexity index is 601. The molecular weight excluding hydrogens is 328 g/mol. The van der Waals surface area contributed by atoms with Crippen LogP contribution in [-0.4, -0.2) is 18.6 Å². The Labute approximate surface area is 134 Å². The van der Waals surface area contributed by atoms with Crippen molar-refractivity contribution in [2.75, 3.05) is 13.7 Å². The summed E-state index contributed by atoms with van der Waals surface area (Å²) in [5.41, 5.74) is 3.63. The zero-order valence-corrected chi connectivity index (χ0v) is 14.3. The van der Waals surface area contributed by atoms with Gasteiger partial charge < -0.3 is 10.1 Å². The van der Waals surface area contributed by atoms with Gasteiger partial charge in [-0.2, -0.15) is 0 Å². The number of methoxy groups -OCH3 is 1. The second-order valence-corrected chi connectivity index (χ2v) is 5.96. The Hall–Kier alpha value is -1.39. The van der Waals surface area contributed by atoms with Crippen molar-refractivity contribution in [3.63, 3.8) is 0 Å². The van der Waals surface area contributed by atoms with Gasteiger partial charge in [0.05, 0.1) is 19.3 Å². The lowest BCUT2D eigenvalue weighted by Gasteiger charge is -2.21. The highest BCUT2D eigenvalue weighted by Gasteiger charge is 2.16. The van der Waals surface area contributed by atoms with Crippen LogP contribution in [0.2, 0.25) is 0 Å². The van der Waals surface area contributed by atoms with E-state index in [1.54, 1.807) is 13.3 Å². The predicted octanol–water partition coefficient (Wildman–Crippen LogP) is 4.25. The first-order valence-corrected chi connectivity index (χ1v) is 7.93. The number of benzene rings is 1. The Morgan fingerprint density at radius 3 is 2.76 bits per heavy atom. The largest absolute Gasteiger partial charge is 0.495 e. The average Bonchev–Trinajstić information content (AvgIpc) is 2.49. The maximum atomic E-state index is 5.30. The van der Waals surface area contributed by atoms with Crippen molar-refractivity contribution in [2.24, 2.45) is 0 Å². The average molecular weight is 349 g/mol. The van der Waals surface area contributed by atoms with Gasteiger partial charge in [-0.25, -0.2) is 0 Å². The summed E-state index contributed by atoms with van der Waals surface area (Å²) in [5.74, 6) is 0.783. The third-order valence-corrected chi connectivity index (χ3v) is 3.94. The Morgan fingerprint density at radius 1 is 1.29 bits per heavy atom. The number of nitrogens with one attached hydrogen (secondary N) is 1. The van der Waals surface area contributed by atoms with Crippen LogP contribution in [0.25, 0.3) is 0 Å². The minimum Gasteiger partial charge on any atom is -0.495 e. The lowest BCUT2D eigenvalue weighted by molar-refractivity contribution is 0.411. The third kappa shape index (κ3) is 4.05. The van der Waals surface area contributed by atoms with Gasteiger partial charge in [-0.1, -0.05) is 28.9 Å². The monoisotopic (exact) mass is 348 g/mol. The fourth-order valence-electron chi connectivity index (χ4n) is 2.36. The van der Waals surface area contributed by atoms with Gasteiger partial charge in [0.2, 0.25) is 0 Å². The molecule has 21 heavy (non-hydrogen) atoms. The van der Waals surface area contributed by atoms with Crippen LogP contribution in [0, 0.1) is 6.92 Å². The van der Waals surface area contributed by atoms with Crippen LogP contribution < -0.4 is 10.1 Å². The van der Waals surface area contributed by atoms with Gasteiger partial charge >= 0.3 is 0 Å². The number of aromatic nitrogens is 1. The zero-order chi connectivity index (χ0) is 15.2. The number of aryl methyl sites for hydroxylation is 1. The lowest BCUT2D eigenvalue weighted by atomic mass is 9.96. The minimum atomic E-state index is 0.126. The molecule has 1 aromatic heterocycles. The van der Waals surface area contributed by atoms with E-state index < -0.39 is 0 Å². The molecule has 1 atom stereocenters. The van der Waals surface area contributed by atoms with Crippen LogP contribution >= 0.6 is 15.9 Å². The van der Waals surface area contributed by atoms with Crippen molar-refractivity contribution < 1.29 is 4.74 Å². The van der Waals surface area contributed by atoms with Gasteiger partial charge in [-0.15, -0.1) is 0 Å². The molecule has 0 aliphatic rings. The molecular formula is C17H21BrN2O. The number of pyridine rings is 1. The number of nitrogens with zero attached hydrogens (tertiary/aromatic N) is 1. The molecule has 0 amide bonds. The highest BCUT2D eigenvalue weighted by molar-refractivity contribution is 9.10. The van der Waals surface area contributed by atoms with Crippen molar-refractivity contribution in [3.05, 3.63) is 57.8 Å². The van der Waals surface area contributed by atoms with E-state index in [4.69, 9.17) is 4.74 Å². The highest BCUT2D eigenvalue weighted by atomic mass is 79.9. The molecule has 0 saturated heterocycles. The summed E-state index contributed by atoms with van der Waals surface area (Å²) in [5, 5.41) is 3.60. The second kappa shape index (κ2) is 7.57. The Morgan fingerprint density at radius 2 is 2.10 bits per heavy atom. The summed E-state index contributed by atoms with van der Waals surface area (Å²) in [6.45, 7) is 5.26. The minimum absolute atomic E-state index is 0.126. The van der Waals surface area contributed by atoms with E-state index in [-0.39, 0.29) is 6.04 Å². The van der Waals surface area contributed by atoms with Crippen molar-refractivity contribution >= 4 is 15.9 Å². The summed E-state index contributed by atoms with van der Waals surface area (Å²) >= 11 is 3.52. The van der Waals surface area contributed by atoms with Gasteiger partial charge in [-0.3, -0.25) is 4.98 Å². The van der Waals surface area contributed by atoms with E-state index in [0.717, 1.165) is 28.8 Å². The highest BCUT2D eigenvalue weighted by Crippen LogP contribution is 2.28. The molecule has 1 unspecified atom stereocenters. The third-order valence-electron chi connectivity index (χ3n) is 3.44. The molecule has 0 radical (unpaired) electrons. The molecule has 2 aromatic rings. The van der Waals surface area contributed by atoms with Crippen LogP contribution in [0.1, 0.15) is 36.1 Å². The topological polar surface area (TPSA) is 34.2 Å². The molecule has 0 spiro atoms. The summed E-state index contributed by atoms with van der Waals surface area (Å²) in [7, 11) is 1.67. The van der Waals surface area contributed by atoms with Crippen LogP contribution in [0.5, 0.6) is 5.75 Å². The van der Waals surface area contributed by atoms with Gasteiger partial charge in [0.1, 0.15) is 5.75 Å². The predicted molar refractivity (Wildman–Crippen MR) is 89.8 cm³/mol. The van der Waals surface area contributed by atoms with Crippen LogP contribution in [0.15, 0.2) is 41.1 Å². The van der Waals surface area contributed by atoms with Crippen LogP contribution in [-0.2, 0) is 0 Å². The number of hydrogen-bond donors (Lipinski definition) is 1. The van der Waals surface area contributed by atoms with E-state index in [0.29, 0.717) is 0 Å². The molecule has 0 bridgehead atoms. The second-order valence-electron chi connectivity index (χ2n) is 5.05. The van der Waals surface area contributed by atoms with Crippen LogP contribution in [0.3, 0.4) is 0 Å². The smallest absolute Gasteiger partial charge is 0.137 e. The van der Waals surface area contributed by atoms with E-state index in [1.807, 2.05) is 12.3 Å². The number of halogens is 1. The summed E-state index contributed by atoms with van der Waals surface area (Å²) in [6.07, 6.45) is 4.72. The molecule has 3 nitrogen and oxygen atoms in total. The maximum Gasteiger partial charge on any atom is 0.137 e. The Balaban J connectivity index is 2.41. The standard InChI is InChI=1S/C17H21BrN2O/c1-4-7-20-17(13-9-15(21-3)11-19-10-13)16-6-5-14(18)8-12(16)2/h5-6,8-11,17,20H,4,7H2,1-3H3. The molecule has 1 aromatic carbocycles.